The third kappa shape index (κ3) is 1.95. The van der Waals surface area contributed by atoms with Crippen molar-refractivity contribution in [3.05, 3.63) is 22.7 Å². The minimum absolute atomic E-state index is 0.283. The molecule has 0 amide bonds. The van der Waals surface area contributed by atoms with E-state index in [4.69, 9.17) is 9.84 Å². The molecule has 0 aliphatic carbocycles. The summed E-state index contributed by atoms with van der Waals surface area (Å²) in [6.45, 7) is -0.599. The summed E-state index contributed by atoms with van der Waals surface area (Å²) in [5.41, 5.74) is -2.95. The van der Waals surface area contributed by atoms with E-state index in [1.165, 1.54) is 12.3 Å². The Hall–Kier alpha value is -1.99. The molecule has 1 aromatic heterocycles. The Bertz CT molecular complexity index is 597. The molecule has 4 N–H and O–H groups in total. The summed E-state index contributed by atoms with van der Waals surface area (Å²) >= 11 is 0. The van der Waals surface area contributed by atoms with Crippen LogP contribution in [0.3, 0.4) is 0 Å². The van der Waals surface area contributed by atoms with Crippen LogP contribution in [0.4, 0.5) is 5.82 Å². The Labute approximate surface area is 113 Å². The van der Waals surface area contributed by atoms with Gasteiger partial charge in [0, 0.05) is 13.2 Å². The Balaban J connectivity index is 2.53. The van der Waals surface area contributed by atoms with Crippen molar-refractivity contribution in [2.24, 2.45) is 0 Å². The van der Waals surface area contributed by atoms with Crippen molar-refractivity contribution in [2.75, 3.05) is 19.0 Å². The molecule has 9 nitrogen and oxygen atoms in total. The molecule has 1 saturated heterocycles. The van der Waals surface area contributed by atoms with E-state index in [2.05, 4.69) is 10.3 Å². The van der Waals surface area contributed by atoms with Gasteiger partial charge in [0.1, 0.15) is 30.2 Å². The molecule has 0 bridgehead atoms. The first kappa shape index (κ1) is 14.4. The Morgan fingerprint density at radius 2 is 2.35 bits per heavy atom. The van der Waals surface area contributed by atoms with Crippen LogP contribution >= 0.6 is 0 Å². The van der Waals surface area contributed by atoms with Crippen LogP contribution in [-0.2, 0) is 10.5 Å². The average molecular weight is 282 g/mol. The number of nitriles is 1. The lowest BCUT2D eigenvalue weighted by Crippen LogP contribution is -2.49. The van der Waals surface area contributed by atoms with Gasteiger partial charge >= 0.3 is 5.69 Å². The van der Waals surface area contributed by atoms with Crippen LogP contribution in [0.5, 0.6) is 0 Å². The van der Waals surface area contributed by atoms with Gasteiger partial charge in [-0.2, -0.15) is 10.2 Å². The minimum atomic E-state index is -2.12. The molecule has 9 heteroatoms. The van der Waals surface area contributed by atoms with Crippen LogP contribution in [0.2, 0.25) is 0 Å². The van der Waals surface area contributed by atoms with Crippen molar-refractivity contribution in [3.8, 4) is 6.07 Å². The fourth-order valence-electron chi connectivity index (χ4n) is 2.09. The zero-order valence-electron chi connectivity index (χ0n) is 10.6. The Morgan fingerprint density at radius 1 is 1.65 bits per heavy atom. The topological polar surface area (TPSA) is 141 Å². The van der Waals surface area contributed by atoms with Crippen LogP contribution < -0.4 is 11.0 Å². The summed E-state index contributed by atoms with van der Waals surface area (Å²) in [5.74, 6) is 0.283. The molecule has 2 rings (SSSR count). The van der Waals surface area contributed by atoms with Crippen LogP contribution in [0, 0.1) is 11.3 Å². The SMILES string of the molecule is CNc1ccn(C2(C#N)OC(CO)C(O)C2O)c(=O)n1. The first-order valence-electron chi connectivity index (χ1n) is 5.84. The first-order chi connectivity index (χ1) is 9.50. The normalized spacial score (nSPS) is 32.9. The standard InChI is InChI=1S/C11H14N4O5/c1-13-7-2-3-15(10(19)14-7)11(5-12)9(18)8(17)6(4-16)20-11/h2-3,6,8-9,16-18H,4H2,1H3,(H,13,14,19). The highest BCUT2D eigenvalue weighted by molar-refractivity contribution is 5.31. The number of hydrogen-bond donors (Lipinski definition) is 4. The molecule has 20 heavy (non-hydrogen) atoms. The van der Waals surface area contributed by atoms with Crippen molar-refractivity contribution in [1.29, 1.82) is 5.26 Å². The number of ether oxygens (including phenoxy) is 1. The summed E-state index contributed by atoms with van der Waals surface area (Å²) < 4.78 is 5.99. The maximum atomic E-state index is 11.9. The van der Waals surface area contributed by atoms with Crippen molar-refractivity contribution >= 4 is 5.82 Å². The van der Waals surface area contributed by atoms with Gasteiger partial charge in [0.25, 0.3) is 5.72 Å². The van der Waals surface area contributed by atoms with Crippen LogP contribution in [0.25, 0.3) is 0 Å². The number of hydrogen-bond acceptors (Lipinski definition) is 8. The highest BCUT2D eigenvalue weighted by Crippen LogP contribution is 2.34. The van der Waals surface area contributed by atoms with E-state index in [0.29, 0.717) is 0 Å². The lowest BCUT2D eigenvalue weighted by molar-refractivity contribution is -0.109. The van der Waals surface area contributed by atoms with Gasteiger partial charge < -0.3 is 25.4 Å². The monoisotopic (exact) mass is 282 g/mol. The lowest BCUT2D eigenvalue weighted by Gasteiger charge is -2.26. The van der Waals surface area contributed by atoms with Crippen molar-refractivity contribution < 1.29 is 20.1 Å². The molecule has 108 valence electrons. The first-order valence-corrected chi connectivity index (χ1v) is 5.84. The third-order valence-electron chi connectivity index (χ3n) is 3.19. The second-order valence-corrected chi connectivity index (χ2v) is 4.30. The minimum Gasteiger partial charge on any atom is -0.394 e. The molecule has 0 radical (unpaired) electrons. The van der Waals surface area contributed by atoms with Gasteiger partial charge in [-0.1, -0.05) is 0 Å². The molecule has 1 aromatic rings. The zero-order chi connectivity index (χ0) is 14.9. The van der Waals surface area contributed by atoms with E-state index < -0.39 is 36.3 Å². The summed E-state index contributed by atoms with van der Waals surface area (Å²) in [7, 11) is 1.57. The second kappa shape index (κ2) is 5.18. The van der Waals surface area contributed by atoms with Crippen LogP contribution in [0.1, 0.15) is 0 Å². The quantitative estimate of drug-likeness (QED) is 0.480. The maximum absolute atomic E-state index is 11.9. The fourth-order valence-corrected chi connectivity index (χ4v) is 2.09. The average Bonchev–Trinajstić information content (AvgIpc) is 2.72. The molecule has 1 fully saturated rings. The van der Waals surface area contributed by atoms with Crippen molar-refractivity contribution in [3.63, 3.8) is 0 Å². The largest absolute Gasteiger partial charge is 0.394 e. The van der Waals surface area contributed by atoms with E-state index >= 15 is 0 Å². The number of aromatic nitrogens is 2. The predicted molar refractivity (Wildman–Crippen MR) is 65.6 cm³/mol. The highest BCUT2D eigenvalue weighted by Gasteiger charge is 2.56. The van der Waals surface area contributed by atoms with Crippen molar-refractivity contribution in [1.82, 2.24) is 9.55 Å². The van der Waals surface area contributed by atoms with E-state index in [9.17, 15) is 20.3 Å². The number of aliphatic hydroxyl groups is 3. The van der Waals surface area contributed by atoms with E-state index in [-0.39, 0.29) is 5.82 Å². The van der Waals surface area contributed by atoms with Crippen LogP contribution in [0.15, 0.2) is 17.1 Å². The summed E-state index contributed by atoms with van der Waals surface area (Å²) in [5, 5.41) is 40.8. The van der Waals surface area contributed by atoms with Gasteiger partial charge in [-0.3, -0.25) is 4.57 Å². The van der Waals surface area contributed by atoms with Gasteiger partial charge in [0.2, 0.25) is 0 Å². The Morgan fingerprint density at radius 3 is 2.80 bits per heavy atom. The number of rotatable bonds is 3. The number of nitrogens with zero attached hydrogens (tertiary/aromatic N) is 3. The summed E-state index contributed by atoms with van der Waals surface area (Å²) in [6, 6.07) is 3.09. The van der Waals surface area contributed by atoms with Crippen molar-refractivity contribution in [2.45, 2.75) is 24.0 Å². The highest BCUT2D eigenvalue weighted by atomic mass is 16.6. The molecule has 1 aliphatic heterocycles. The second-order valence-electron chi connectivity index (χ2n) is 4.30. The number of aliphatic hydroxyl groups excluding tert-OH is 3. The van der Waals surface area contributed by atoms with Gasteiger partial charge in [0.05, 0.1) is 6.61 Å². The summed E-state index contributed by atoms with van der Waals surface area (Å²) in [6.07, 6.45) is -3.12. The third-order valence-corrected chi connectivity index (χ3v) is 3.19. The molecule has 0 spiro atoms. The molecule has 4 unspecified atom stereocenters. The Kier molecular flexibility index (Phi) is 3.74. The van der Waals surface area contributed by atoms with Gasteiger partial charge in [-0.05, 0) is 6.07 Å². The smallest absolute Gasteiger partial charge is 0.352 e. The number of anilines is 1. The zero-order valence-corrected chi connectivity index (χ0v) is 10.6. The molecule has 2 heterocycles. The van der Waals surface area contributed by atoms with E-state index in [1.807, 2.05) is 0 Å². The molecular weight excluding hydrogens is 268 g/mol. The summed E-state index contributed by atoms with van der Waals surface area (Å²) in [4.78, 5) is 15.6. The van der Waals surface area contributed by atoms with Gasteiger partial charge in [-0.15, -0.1) is 0 Å². The predicted octanol–water partition coefficient (Wildman–Crippen LogP) is -2.43. The molecule has 0 saturated carbocycles. The fraction of sp³-hybridized carbons (Fsp3) is 0.545. The molecular formula is C11H14N4O5. The van der Waals surface area contributed by atoms with E-state index in [0.717, 1.165) is 4.57 Å². The molecule has 1 aliphatic rings. The van der Waals surface area contributed by atoms with Crippen LogP contribution in [-0.4, -0.2) is 56.8 Å². The van der Waals surface area contributed by atoms with E-state index in [1.54, 1.807) is 13.1 Å². The van der Waals surface area contributed by atoms with Gasteiger partial charge in [0.15, 0.2) is 0 Å². The number of nitrogens with one attached hydrogen (secondary N) is 1. The molecule has 4 atom stereocenters. The van der Waals surface area contributed by atoms with Gasteiger partial charge in [-0.25, -0.2) is 4.79 Å². The lowest BCUT2D eigenvalue weighted by atomic mass is 10.0. The maximum Gasteiger partial charge on any atom is 0.352 e. The molecule has 0 aromatic carbocycles.